The van der Waals surface area contributed by atoms with Crippen molar-refractivity contribution < 1.29 is 22.7 Å². The summed E-state index contributed by atoms with van der Waals surface area (Å²) in [6, 6.07) is 4.65. The van der Waals surface area contributed by atoms with Gasteiger partial charge in [0.05, 0.1) is 4.90 Å². The number of benzene rings is 1. The summed E-state index contributed by atoms with van der Waals surface area (Å²) >= 11 is 0. The number of hydrogen-bond acceptors (Lipinski definition) is 5. The number of piperidine rings is 1. The quantitative estimate of drug-likeness (QED) is 0.591. The van der Waals surface area contributed by atoms with Crippen LogP contribution in [-0.2, 0) is 24.3 Å². The van der Waals surface area contributed by atoms with E-state index >= 15 is 0 Å². The van der Waals surface area contributed by atoms with Gasteiger partial charge in [0, 0.05) is 24.9 Å². The van der Waals surface area contributed by atoms with Gasteiger partial charge in [0.15, 0.2) is 6.61 Å². The van der Waals surface area contributed by atoms with E-state index in [1.165, 1.54) is 16.4 Å². The van der Waals surface area contributed by atoms with Crippen LogP contribution in [-0.4, -0.2) is 44.3 Å². The molecule has 2 rings (SSSR count). The molecule has 0 radical (unpaired) electrons. The van der Waals surface area contributed by atoms with Crippen LogP contribution in [0.4, 0.5) is 5.69 Å². The zero-order chi connectivity index (χ0) is 20.0. The fourth-order valence-corrected chi connectivity index (χ4v) is 4.29. The lowest BCUT2D eigenvalue weighted by Gasteiger charge is -2.26. The Morgan fingerprint density at radius 1 is 1.19 bits per heavy atom. The second-order valence-corrected chi connectivity index (χ2v) is 8.76. The number of ether oxygens (including phenoxy) is 1. The van der Waals surface area contributed by atoms with Crippen LogP contribution in [0.3, 0.4) is 0 Å². The molecule has 0 spiro atoms. The van der Waals surface area contributed by atoms with Crippen molar-refractivity contribution in [2.24, 2.45) is 0 Å². The number of anilines is 1. The first-order valence-corrected chi connectivity index (χ1v) is 10.4. The van der Waals surface area contributed by atoms with Crippen molar-refractivity contribution in [2.45, 2.75) is 44.9 Å². The maximum absolute atomic E-state index is 12.8. The van der Waals surface area contributed by atoms with Crippen LogP contribution in [0.5, 0.6) is 0 Å². The second kappa shape index (κ2) is 9.14. The third-order valence-electron chi connectivity index (χ3n) is 4.19. The summed E-state index contributed by atoms with van der Waals surface area (Å²) in [4.78, 5) is 23.7. The van der Waals surface area contributed by atoms with Gasteiger partial charge in [-0.2, -0.15) is 4.31 Å². The Morgan fingerprint density at radius 2 is 1.85 bits per heavy atom. The smallest absolute Gasteiger partial charge is 0.331 e. The Labute approximate surface area is 160 Å². The first kappa shape index (κ1) is 21.1. The van der Waals surface area contributed by atoms with Gasteiger partial charge in [-0.1, -0.05) is 18.1 Å². The van der Waals surface area contributed by atoms with Gasteiger partial charge in [-0.3, -0.25) is 4.79 Å². The number of nitrogens with one attached hydrogen (secondary N) is 1. The van der Waals surface area contributed by atoms with Crippen LogP contribution in [0.15, 0.2) is 34.7 Å². The fraction of sp³-hybridized carbons (Fsp3) is 0.474. The lowest BCUT2D eigenvalue weighted by atomic mass is 10.2. The molecule has 1 fully saturated rings. The van der Waals surface area contributed by atoms with E-state index in [9.17, 15) is 18.0 Å². The minimum atomic E-state index is -3.59. The normalized spacial score (nSPS) is 15.1. The molecule has 1 heterocycles. The summed E-state index contributed by atoms with van der Waals surface area (Å²) in [7, 11) is -3.59. The van der Waals surface area contributed by atoms with Gasteiger partial charge < -0.3 is 10.1 Å². The van der Waals surface area contributed by atoms with Gasteiger partial charge in [0.1, 0.15) is 0 Å². The molecule has 1 aromatic carbocycles. The van der Waals surface area contributed by atoms with Gasteiger partial charge >= 0.3 is 5.97 Å². The maximum atomic E-state index is 12.8. The van der Waals surface area contributed by atoms with E-state index in [4.69, 9.17) is 4.74 Å². The number of aryl methyl sites for hydroxylation is 1. The second-order valence-electron chi connectivity index (χ2n) is 6.82. The van der Waals surface area contributed by atoms with Crippen molar-refractivity contribution in [2.75, 3.05) is 25.0 Å². The SMILES string of the molecule is CC(C)=CC(=O)OCC(=O)Nc1cc(S(=O)(=O)N2CCCCC2)ccc1C. The molecule has 1 saturated heterocycles. The molecule has 1 aliphatic heterocycles. The zero-order valence-electron chi connectivity index (χ0n) is 15.9. The number of nitrogens with zero attached hydrogens (tertiary/aromatic N) is 1. The molecular formula is C19H26N2O5S. The highest BCUT2D eigenvalue weighted by molar-refractivity contribution is 7.89. The molecule has 1 aromatic rings. The number of carbonyl (C=O) groups excluding carboxylic acids is 2. The Kier molecular flexibility index (Phi) is 7.15. The molecule has 1 amide bonds. The van der Waals surface area contributed by atoms with Crippen LogP contribution < -0.4 is 5.32 Å². The monoisotopic (exact) mass is 394 g/mol. The number of allylic oxidation sites excluding steroid dienone is 1. The summed E-state index contributed by atoms with van der Waals surface area (Å²) in [5.41, 5.74) is 1.87. The molecule has 0 unspecified atom stereocenters. The molecule has 0 aliphatic carbocycles. The van der Waals surface area contributed by atoms with Crippen LogP contribution >= 0.6 is 0 Å². The van der Waals surface area contributed by atoms with Gasteiger partial charge in [0.2, 0.25) is 10.0 Å². The number of esters is 1. The summed E-state index contributed by atoms with van der Waals surface area (Å²) in [5.74, 6) is -1.12. The first-order chi connectivity index (χ1) is 12.7. The van der Waals surface area contributed by atoms with Crippen molar-refractivity contribution in [3.63, 3.8) is 0 Å². The van der Waals surface area contributed by atoms with Crippen molar-refractivity contribution in [1.82, 2.24) is 4.31 Å². The fourth-order valence-electron chi connectivity index (χ4n) is 2.75. The van der Waals surface area contributed by atoms with Crippen LogP contribution in [0.25, 0.3) is 0 Å². The minimum Gasteiger partial charge on any atom is -0.452 e. The first-order valence-electron chi connectivity index (χ1n) is 8.92. The Bertz CT molecular complexity index is 836. The molecule has 0 aromatic heterocycles. The van der Waals surface area contributed by atoms with E-state index in [0.29, 0.717) is 18.8 Å². The largest absolute Gasteiger partial charge is 0.452 e. The summed E-state index contributed by atoms with van der Waals surface area (Å²) in [6.07, 6.45) is 4.04. The third kappa shape index (κ3) is 5.90. The van der Waals surface area contributed by atoms with Crippen LogP contribution in [0, 0.1) is 6.92 Å². The molecule has 8 heteroatoms. The Morgan fingerprint density at radius 3 is 2.48 bits per heavy atom. The molecule has 148 valence electrons. The highest BCUT2D eigenvalue weighted by Gasteiger charge is 2.26. The average molecular weight is 394 g/mol. The van der Waals surface area contributed by atoms with E-state index in [0.717, 1.165) is 30.4 Å². The van der Waals surface area contributed by atoms with Gasteiger partial charge in [-0.15, -0.1) is 0 Å². The number of sulfonamides is 1. The maximum Gasteiger partial charge on any atom is 0.331 e. The highest BCUT2D eigenvalue weighted by Crippen LogP contribution is 2.25. The molecule has 0 bridgehead atoms. The molecule has 27 heavy (non-hydrogen) atoms. The highest BCUT2D eigenvalue weighted by atomic mass is 32.2. The summed E-state index contributed by atoms with van der Waals surface area (Å²) in [6.45, 7) is 5.85. The van der Waals surface area contributed by atoms with E-state index in [2.05, 4.69) is 5.32 Å². The average Bonchev–Trinajstić information content (AvgIpc) is 2.62. The lowest BCUT2D eigenvalue weighted by molar-refractivity contribution is -0.142. The number of carbonyl (C=O) groups is 2. The number of rotatable bonds is 6. The van der Waals surface area contributed by atoms with Crippen molar-refractivity contribution in [3.8, 4) is 0 Å². The van der Waals surface area contributed by atoms with Crippen molar-refractivity contribution in [3.05, 3.63) is 35.4 Å². The molecule has 0 atom stereocenters. The zero-order valence-corrected chi connectivity index (χ0v) is 16.8. The van der Waals surface area contributed by atoms with E-state index in [1.54, 1.807) is 32.9 Å². The van der Waals surface area contributed by atoms with E-state index < -0.39 is 28.5 Å². The van der Waals surface area contributed by atoms with Crippen LogP contribution in [0.1, 0.15) is 38.7 Å². The summed E-state index contributed by atoms with van der Waals surface area (Å²) in [5, 5.41) is 2.61. The standard InChI is InChI=1S/C19H26N2O5S/c1-14(2)11-19(23)26-13-18(22)20-17-12-16(8-7-15(17)3)27(24,25)21-9-5-4-6-10-21/h7-8,11-12H,4-6,9-10,13H2,1-3H3,(H,20,22). The molecular weight excluding hydrogens is 368 g/mol. The number of amides is 1. The predicted molar refractivity (Wildman–Crippen MR) is 103 cm³/mol. The molecule has 0 saturated carbocycles. The van der Waals surface area contributed by atoms with Crippen molar-refractivity contribution >= 4 is 27.6 Å². The van der Waals surface area contributed by atoms with E-state index in [-0.39, 0.29) is 4.90 Å². The molecule has 7 nitrogen and oxygen atoms in total. The van der Waals surface area contributed by atoms with Gasteiger partial charge in [0.25, 0.3) is 5.91 Å². The lowest BCUT2D eigenvalue weighted by Crippen LogP contribution is -2.35. The van der Waals surface area contributed by atoms with Gasteiger partial charge in [-0.25, -0.2) is 13.2 Å². The predicted octanol–water partition coefficient (Wildman–Crippen LogP) is 2.62. The van der Waals surface area contributed by atoms with Crippen LogP contribution in [0.2, 0.25) is 0 Å². The molecule has 1 aliphatic rings. The Balaban J connectivity index is 2.09. The van der Waals surface area contributed by atoms with Gasteiger partial charge in [-0.05, 0) is 51.3 Å². The minimum absolute atomic E-state index is 0.145. The molecule has 1 N–H and O–H groups in total. The van der Waals surface area contributed by atoms with E-state index in [1.807, 2.05) is 0 Å². The summed E-state index contributed by atoms with van der Waals surface area (Å²) < 4.78 is 31.9. The topological polar surface area (TPSA) is 92.8 Å². The third-order valence-corrected chi connectivity index (χ3v) is 6.08. The Hall–Kier alpha value is -2.19. The van der Waals surface area contributed by atoms with Crippen molar-refractivity contribution in [1.29, 1.82) is 0 Å². The number of hydrogen-bond donors (Lipinski definition) is 1.